The normalized spacial score (nSPS) is 15.2. The van der Waals surface area contributed by atoms with Crippen molar-refractivity contribution >= 4 is 11.4 Å². The Morgan fingerprint density at radius 3 is 2.80 bits per heavy atom. The summed E-state index contributed by atoms with van der Waals surface area (Å²) in [5.74, 6) is 0.620. The van der Waals surface area contributed by atoms with Crippen LogP contribution >= 0.6 is 0 Å². The predicted octanol–water partition coefficient (Wildman–Crippen LogP) is 2.18. The number of nitrogens with one attached hydrogen (secondary N) is 1. The largest absolute Gasteiger partial charge is 0.491 e. The van der Waals surface area contributed by atoms with Gasteiger partial charge < -0.3 is 15.0 Å². The fraction of sp³-hybridized carbons (Fsp3) is 0.571. The van der Waals surface area contributed by atoms with Crippen LogP contribution in [0.5, 0.6) is 5.75 Å². The first-order valence-electron chi connectivity index (χ1n) is 7.09. The van der Waals surface area contributed by atoms with Gasteiger partial charge in [0.1, 0.15) is 5.75 Å². The van der Waals surface area contributed by atoms with Gasteiger partial charge in [0.15, 0.2) is 0 Å². The monoisotopic (exact) mass is 279 g/mol. The van der Waals surface area contributed by atoms with E-state index in [2.05, 4.69) is 17.1 Å². The molecule has 0 radical (unpaired) electrons. The third kappa shape index (κ3) is 3.60. The Morgan fingerprint density at radius 2 is 2.15 bits per heavy atom. The Labute approximate surface area is 118 Å². The van der Waals surface area contributed by atoms with Crippen molar-refractivity contribution in [3.63, 3.8) is 0 Å². The minimum Gasteiger partial charge on any atom is -0.491 e. The summed E-state index contributed by atoms with van der Waals surface area (Å²) in [5.41, 5.74) is 1.03. The molecule has 1 N–H and O–H groups in total. The number of hydrogen-bond donors (Lipinski definition) is 1. The van der Waals surface area contributed by atoms with Crippen molar-refractivity contribution in [3.05, 3.63) is 28.3 Å². The van der Waals surface area contributed by atoms with Crippen LogP contribution in [0.25, 0.3) is 0 Å². The lowest BCUT2D eigenvalue weighted by Gasteiger charge is -2.30. The molecule has 1 aromatic carbocycles. The van der Waals surface area contributed by atoms with E-state index in [1.54, 1.807) is 12.1 Å². The summed E-state index contributed by atoms with van der Waals surface area (Å²) in [6.07, 6.45) is 1.99. The van der Waals surface area contributed by atoms with Crippen LogP contribution in [0.4, 0.5) is 11.4 Å². The summed E-state index contributed by atoms with van der Waals surface area (Å²) >= 11 is 0. The van der Waals surface area contributed by atoms with Crippen LogP contribution in [0.1, 0.15) is 19.8 Å². The summed E-state index contributed by atoms with van der Waals surface area (Å²) < 4.78 is 5.76. The molecule has 1 aromatic rings. The summed E-state index contributed by atoms with van der Waals surface area (Å²) in [5, 5.41) is 14.2. The lowest BCUT2D eigenvalue weighted by molar-refractivity contribution is -0.384. The predicted molar refractivity (Wildman–Crippen MR) is 78.6 cm³/mol. The average Bonchev–Trinajstić information content (AvgIpc) is 2.48. The molecule has 0 spiro atoms. The van der Waals surface area contributed by atoms with Gasteiger partial charge in [0.2, 0.25) is 0 Å². The Kier molecular flexibility index (Phi) is 5.17. The molecule has 6 nitrogen and oxygen atoms in total. The molecule has 0 bridgehead atoms. The number of anilines is 1. The first kappa shape index (κ1) is 14.6. The molecule has 1 aliphatic heterocycles. The minimum absolute atomic E-state index is 0.0791. The Hall–Kier alpha value is -1.82. The number of unbranched alkanes of at least 4 members (excludes halogenated alkanes) is 1. The number of benzene rings is 1. The van der Waals surface area contributed by atoms with E-state index in [0.29, 0.717) is 12.4 Å². The van der Waals surface area contributed by atoms with Crippen molar-refractivity contribution in [2.24, 2.45) is 0 Å². The summed E-state index contributed by atoms with van der Waals surface area (Å²) in [4.78, 5) is 12.7. The van der Waals surface area contributed by atoms with Gasteiger partial charge in [-0.05, 0) is 12.5 Å². The zero-order valence-electron chi connectivity index (χ0n) is 11.8. The molecular formula is C14H21N3O3. The summed E-state index contributed by atoms with van der Waals surface area (Å²) in [7, 11) is 0. The molecule has 6 heteroatoms. The van der Waals surface area contributed by atoms with Gasteiger partial charge in [-0.3, -0.25) is 10.1 Å². The zero-order valence-corrected chi connectivity index (χ0v) is 11.8. The first-order valence-corrected chi connectivity index (χ1v) is 7.09. The minimum atomic E-state index is -0.381. The average molecular weight is 279 g/mol. The lowest BCUT2D eigenvalue weighted by Crippen LogP contribution is -2.43. The van der Waals surface area contributed by atoms with Gasteiger partial charge in [0.05, 0.1) is 23.3 Å². The molecule has 2 rings (SSSR count). The van der Waals surface area contributed by atoms with Crippen LogP contribution in [-0.2, 0) is 0 Å². The van der Waals surface area contributed by atoms with Crippen molar-refractivity contribution in [2.75, 3.05) is 37.7 Å². The molecule has 110 valence electrons. The fourth-order valence-electron chi connectivity index (χ4n) is 2.23. The molecular weight excluding hydrogens is 258 g/mol. The molecule has 0 aliphatic carbocycles. The number of nitro benzene ring substituents is 1. The molecule has 1 heterocycles. The number of nitro groups is 1. The highest BCUT2D eigenvalue weighted by Crippen LogP contribution is 2.32. The van der Waals surface area contributed by atoms with Gasteiger partial charge in [0, 0.05) is 32.2 Å². The second-order valence-electron chi connectivity index (χ2n) is 4.85. The maximum absolute atomic E-state index is 10.9. The summed E-state index contributed by atoms with van der Waals surface area (Å²) in [6.45, 7) is 6.31. The second-order valence-corrected chi connectivity index (χ2v) is 4.85. The topological polar surface area (TPSA) is 67.6 Å². The summed E-state index contributed by atoms with van der Waals surface area (Å²) in [6, 6.07) is 4.88. The molecule has 20 heavy (non-hydrogen) atoms. The number of rotatable bonds is 6. The van der Waals surface area contributed by atoms with E-state index in [-0.39, 0.29) is 10.6 Å². The Balaban J connectivity index is 2.21. The van der Waals surface area contributed by atoms with Crippen LogP contribution in [0.2, 0.25) is 0 Å². The van der Waals surface area contributed by atoms with E-state index in [0.717, 1.165) is 44.7 Å². The second kappa shape index (κ2) is 7.09. The van der Waals surface area contributed by atoms with Gasteiger partial charge in [-0.25, -0.2) is 0 Å². The lowest BCUT2D eigenvalue weighted by atomic mass is 10.2. The van der Waals surface area contributed by atoms with Crippen LogP contribution in [0.3, 0.4) is 0 Å². The van der Waals surface area contributed by atoms with E-state index < -0.39 is 0 Å². The van der Waals surface area contributed by atoms with Crippen LogP contribution < -0.4 is 15.0 Å². The standard InChI is InChI=1S/C14H21N3O3/c1-2-3-10-20-14-11-12(17(18)19)4-5-13(14)16-8-6-15-7-9-16/h4-5,11,15H,2-3,6-10H2,1H3. The zero-order chi connectivity index (χ0) is 14.4. The molecule has 0 amide bonds. The van der Waals surface area contributed by atoms with E-state index in [1.807, 2.05) is 0 Å². The van der Waals surface area contributed by atoms with Gasteiger partial charge in [-0.15, -0.1) is 0 Å². The highest BCUT2D eigenvalue weighted by Gasteiger charge is 2.18. The maximum Gasteiger partial charge on any atom is 0.273 e. The smallest absolute Gasteiger partial charge is 0.273 e. The number of hydrogen-bond acceptors (Lipinski definition) is 5. The Bertz CT molecular complexity index is 459. The van der Waals surface area contributed by atoms with Crippen molar-refractivity contribution in [1.82, 2.24) is 5.32 Å². The fourth-order valence-corrected chi connectivity index (χ4v) is 2.23. The number of ether oxygens (including phenoxy) is 1. The Morgan fingerprint density at radius 1 is 1.40 bits per heavy atom. The first-order chi connectivity index (χ1) is 9.72. The van der Waals surface area contributed by atoms with Crippen LogP contribution in [0.15, 0.2) is 18.2 Å². The van der Waals surface area contributed by atoms with Crippen molar-refractivity contribution < 1.29 is 9.66 Å². The molecule has 1 saturated heterocycles. The van der Waals surface area contributed by atoms with Crippen LogP contribution in [0, 0.1) is 10.1 Å². The highest BCUT2D eigenvalue weighted by atomic mass is 16.6. The molecule has 1 fully saturated rings. The van der Waals surface area contributed by atoms with Gasteiger partial charge >= 0.3 is 0 Å². The quantitative estimate of drug-likeness (QED) is 0.491. The van der Waals surface area contributed by atoms with E-state index >= 15 is 0 Å². The van der Waals surface area contributed by atoms with Crippen molar-refractivity contribution in [2.45, 2.75) is 19.8 Å². The SMILES string of the molecule is CCCCOc1cc([N+](=O)[O-])ccc1N1CCNCC1. The van der Waals surface area contributed by atoms with E-state index in [9.17, 15) is 10.1 Å². The number of non-ortho nitro benzene ring substituents is 1. The van der Waals surface area contributed by atoms with Crippen molar-refractivity contribution in [3.8, 4) is 5.75 Å². The van der Waals surface area contributed by atoms with Crippen molar-refractivity contribution in [1.29, 1.82) is 0 Å². The maximum atomic E-state index is 10.9. The molecule has 1 aliphatic rings. The number of nitrogens with zero attached hydrogens (tertiary/aromatic N) is 2. The highest BCUT2D eigenvalue weighted by molar-refractivity contribution is 5.62. The molecule has 0 aromatic heterocycles. The van der Waals surface area contributed by atoms with E-state index in [1.165, 1.54) is 6.07 Å². The molecule has 0 saturated carbocycles. The van der Waals surface area contributed by atoms with Gasteiger partial charge in [-0.2, -0.15) is 0 Å². The van der Waals surface area contributed by atoms with Gasteiger partial charge in [-0.1, -0.05) is 13.3 Å². The molecule has 0 atom stereocenters. The molecule has 0 unspecified atom stereocenters. The third-order valence-electron chi connectivity index (χ3n) is 3.37. The van der Waals surface area contributed by atoms with Crippen LogP contribution in [-0.4, -0.2) is 37.7 Å². The van der Waals surface area contributed by atoms with E-state index in [4.69, 9.17) is 4.74 Å². The van der Waals surface area contributed by atoms with Gasteiger partial charge in [0.25, 0.3) is 5.69 Å². The third-order valence-corrected chi connectivity index (χ3v) is 3.37. The number of piperazine rings is 1.